The first-order valence-corrected chi connectivity index (χ1v) is 8.73. The van der Waals surface area contributed by atoms with Gasteiger partial charge < -0.3 is 15.2 Å². The highest BCUT2D eigenvalue weighted by molar-refractivity contribution is 6.05. The zero-order chi connectivity index (χ0) is 17.8. The van der Waals surface area contributed by atoms with Crippen LogP contribution in [0.25, 0.3) is 11.0 Å². The predicted molar refractivity (Wildman–Crippen MR) is 96.3 cm³/mol. The van der Waals surface area contributed by atoms with E-state index in [0.29, 0.717) is 12.1 Å². The SMILES string of the molecule is CN(C)C(=O)C1CCCN1CCCNC(=O)c1c[nH]c2ncccc12. The van der Waals surface area contributed by atoms with Gasteiger partial charge in [-0.15, -0.1) is 0 Å². The Kier molecular flexibility index (Phi) is 5.33. The fraction of sp³-hybridized carbons (Fsp3) is 0.500. The minimum absolute atomic E-state index is 0.00890. The first-order chi connectivity index (χ1) is 12.1. The minimum Gasteiger partial charge on any atom is -0.352 e. The maximum Gasteiger partial charge on any atom is 0.253 e. The quantitative estimate of drug-likeness (QED) is 0.773. The van der Waals surface area contributed by atoms with Gasteiger partial charge in [-0.3, -0.25) is 14.5 Å². The molecule has 0 aliphatic carbocycles. The summed E-state index contributed by atoms with van der Waals surface area (Å²) in [5.74, 6) is 0.0782. The summed E-state index contributed by atoms with van der Waals surface area (Å²) in [6, 6.07) is 3.70. The van der Waals surface area contributed by atoms with Crippen LogP contribution in [0.1, 0.15) is 29.6 Å². The number of hydrogen-bond acceptors (Lipinski definition) is 4. The van der Waals surface area contributed by atoms with Crippen molar-refractivity contribution in [2.45, 2.75) is 25.3 Å². The molecule has 0 bridgehead atoms. The Bertz CT molecular complexity index is 755. The summed E-state index contributed by atoms with van der Waals surface area (Å²) in [6.45, 7) is 2.36. The molecule has 7 heteroatoms. The van der Waals surface area contributed by atoms with E-state index in [4.69, 9.17) is 0 Å². The number of nitrogens with one attached hydrogen (secondary N) is 2. The second-order valence-corrected chi connectivity index (χ2v) is 6.64. The van der Waals surface area contributed by atoms with E-state index < -0.39 is 0 Å². The zero-order valence-corrected chi connectivity index (χ0v) is 14.8. The number of fused-ring (bicyclic) bond motifs is 1. The Hall–Kier alpha value is -2.41. The lowest BCUT2D eigenvalue weighted by Crippen LogP contribution is -2.43. The summed E-state index contributed by atoms with van der Waals surface area (Å²) in [4.78, 5) is 35.6. The third kappa shape index (κ3) is 3.82. The molecule has 1 aliphatic heterocycles. The Labute approximate surface area is 147 Å². The number of carbonyl (C=O) groups excluding carboxylic acids is 2. The largest absolute Gasteiger partial charge is 0.352 e. The van der Waals surface area contributed by atoms with E-state index in [1.807, 2.05) is 12.1 Å². The van der Waals surface area contributed by atoms with Crippen LogP contribution < -0.4 is 5.32 Å². The lowest BCUT2D eigenvalue weighted by Gasteiger charge is -2.26. The van der Waals surface area contributed by atoms with Crippen molar-refractivity contribution in [1.82, 2.24) is 25.1 Å². The molecule has 0 saturated carbocycles. The van der Waals surface area contributed by atoms with Crippen molar-refractivity contribution in [3.63, 3.8) is 0 Å². The third-order valence-corrected chi connectivity index (χ3v) is 4.69. The summed E-state index contributed by atoms with van der Waals surface area (Å²) >= 11 is 0. The zero-order valence-electron chi connectivity index (χ0n) is 14.8. The van der Waals surface area contributed by atoms with Gasteiger partial charge in [-0.05, 0) is 37.9 Å². The summed E-state index contributed by atoms with van der Waals surface area (Å²) in [5.41, 5.74) is 1.33. The summed E-state index contributed by atoms with van der Waals surface area (Å²) in [7, 11) is 3.60. The van der Waals surface area contributed by atoms with Crippen molar-refractivity contribution >= 4 is 22.8 Å². The number of rotatable bonds is 6. The lowest BCUT2D eigenvalue weighted by atomic mass is 10.2. The van der Waals surface area contributed by atoms with Crippen LogP contribution in [0.5, 0.6) is 0 Å². The maximum absolute atomic E-state index is 12.3. The van der Waals surface area contributed by atoms with Crippen LogP contribution in [0.3, 0.4) is 0 Å². The molecule has 2 N–H and O–H groups in total. The van der Waals surface area contributed by atoms with Crippen molar-refractivity contribution in [1.29, 1.82) is 0 Å². The molecule has 1 saturated heterocycles. The Morgan fingerprint density at radius 3 is 3.08 bits per heavy atom. The number of aromatic amines is 1. The van der Waals surface area contributed by atoms with Gasteiger partial charge in [0.1, 0.15) is 5.65 Å². The Morgan fingerprint density at radius 1 is 1.44 bits per heavy atom. The monoisotopic (exact) mass is 343 g/mol. The molecular weight excluding hydrogens is 318 g/mol. The van der Waals surface area contributed by atoms with E-state index in [0.717, 1.165) is 43.4 Å². The highest BCUT2D eigenvalue weighted by Crippen LogP contribution is 2.19. The van der Waals surface area contributed by atoms with Crippen LogP contribution in [-0.4, -0.2) is 71.4 Å². The molecule has 0 aromatic carbocycles. The molecule has 0 spiro atoms. The molecule has 3 rings (SSSR count). The second kappa shape index (κ2) is 7.65. The third-order valence-electron chi connectivity index (χ3n) is 4.69. The molecule has 3 heterocycles. The molecule has 7 nitrogen and oxygen atoms in total. The molecule has 2 aromatic rings. The average Bonchev–Trinajstić information content (AvgIpc) is 3.24. The van der Waals surface area contributed by atoms with Gasteiger partial charge in [0.25, 0.3) is 5.91 Å². The van der Waals surface area contributed by atoms with Gasteiger partial charge in [-0.25, -0.2) is 4.98 Å². The fourth-order valence-electron chi connectivity index (χ4n) is 3.39. The molecule has 1 aliphatic rings. The highest BCUT2D eigenvalue weighted by atomic mass is 16.2. The number of nitrogens with zero attached hydrogens (tertiary/aromatic N) is 3. The van der Waals surface area contributed by atoms with E-state index in [-0.39, 0.29) is 17.9 Å². The van der Waals surface area contributed by atoms with Crippen LogP contribution >= 0.6 is 0 Å². The van der Waals surface area contributed by atoms with Crippen LogP contribution in [0.15, 0.2) is 24.5 Å². The molecule has 1 fully saturated rings. The van der Waals surface area contributed by atoms with E-state index in [1.54, 1.807) is 31.4 Å². The van der Waals surface area contributed by atoms with Gasteiger partial charge in [0.05, 0.1) is 11.6 Å². The van der Waals surface area contributed by atoms with Crippen molar-refractivity contribution in [2.24, 2.45) is 0 Å². The van der Waals surface area contributed by atoms with E-state index in [2.05, 4.69) is 20.2 Å². The number of H-pyrrole nitrogens is 1. The standard InChI is InChI=1S/C18H25N5O2/c1-22(2)18(25)15-7-4-10-23(15)11-5-9-20-17(24)14-12-21-16-13(14)6-3-8-19-16/h3,6,8,12,15H,4-5,7,9-11H2,1-2H3,(H,19,21)(H,20,24). The maximum atomic E-state index is 12.3. The number of aromatic nitrogens is 2. The van der Waals surface area contributed by atoms with Gasteiger partial charge in [-0.1, -0.05) is 0 Å². The molecule has 1 atom stereocenters. The highest BCUT2D eigenvalue weighted by Gasteiger charge is 2.31. The number of hydrogen-bond donors (Lipinski definition) is 2. The number of pyridine rings is 1. The number of likely N-dealkylation sites (tertiary alicyclic amines) is 1. The molecule has 2 aromatic heterocycles. The number of carbonyl (C=O) groups is 2. The summed E-state index contributed by atoms with van der Waals surface area (Å²) in [5, 5.41) is 3.79. The lowest BCUT2D eigenvalue weighted by molar-refractivity contribution is -0.133. The van der Waals surface area contributed by atoms with Crippen LogP contribution in [-0.2, 0) is 4.79 Å². The van der Waals surface area contributed by atoms with E-state index in [9.17, 15) is 9.59 Å². The van der Waals surface area contributed by atoms with E-state index >= 15 is 0 Å². The number of likely N-dealkylation sites (N-methyl/N-ethyl adjacent to an activating group) is 1. The number of amides is 2. The van der Waals surface area contributed by atoms with Crippen molar-refractivity contribution in [3.8, 4) is 0 Å². The minimum atomic E-state index is -0.0958. The molecule has 2 amide bonds. The normalized spacial score (nSPS) is 17.8. The average molecular weight is 343 g/mol. The van der Waals surface area contributed by atoms with Gasteiger partial charge >= 0.3 is 0 Å². The van der Waals surface area contributed by atoms with Crippen LogP contribution in [0.2, 0.25) is 0 Å². The summed E-state index contributed by atoms with van der Waals surface area (Å²) < 4.78 is 0. The van der Waals surface area contributed by atoms with Crippen LogP contribution in [0, 0.1) is 0 Å². The molecular formula is C18H25N5O2. The smallest absolute Gasteiger partial charge is 0.253 e. The van der Waals surface area contributed by atoms with Crippen LogP contribution in [0.4, 0.5) is 0 Å². The first kappa shape index (κ1) is 17.4. The van der Waals surface area contributed by atoms with Gasteiger partial charge in [0.2, 0.25) is 5.91 Å². The predicted octanol–water partition coefficient (Wildman–Crippen LogP) is 1.24. The molecule has 1 unspecified atom stereocenters. The van der Waals surface area contributed by atoms with Crippen molar-refractivity contribution in [2.75, 3.05) is 33.7 Å². The Morgan fingerprint density at radius 2 is 2.28 bits per heavy atom. The fourth-order valence-corrected chi connectivity index (χ4v) is 3.39. The topological polar surface area (TPSA) is 81.3 Å². The summed E-state index contributed by atoms with van der Waals surface area (Å²) in [6.07, 6.45) is 6.19. The molecule has 134 valence electrons. The Balaban J connectivity index is 1.48. The van der Waals surface area contributed by atoms with Gasteiger partial charge in [0, 0.05) is 45.0 Å². The second-order valence-electron chi connectivity index (χ2n) is 6.64. The molecule has 25 heavy (non-hydrogen) atoms. The first-order valence-electron chi connectivity index (χ1n) is 8.73. The molecule has 0 radical (unpaired) electrons. The van der Waals surface area contributed by atoms with Crippen molar-refractivity contribution < 1.29 is 9.59 Å². The van der Waals surface area contributed by atoms with E-state index in [1.165, 1.54) is 0 Å². The van der Waals surface area contributed by atoms with Gasteiger partial charge in [0.15, 0.2) is 0 Å². The van der Waals surface area contributed by atoms with Gasteiger partial charge in [-0.2, -0.15) is 0 Å². The van der Waals surface area contributed by atoms with Crippen molar-refractivity contribution in [3.05, 3.63) is 30.1 Å².